The van der Waals surface area contributed by atoms with Crippen molar-refractivity contribution in [2.45, 2.75) is 39.8 Å². The molecule has 2 heterocycles. The molecule has 0 spiro atoms. The van der Waals surface area contributed by atoms with E-state index in [9.17, 15) is 0 Å². The molecule has 0 saturated heterocycles. The summed E-state index contributed by atoms with van der Waals surface area (Å²) in [5.74, 6) is 2.42. The molecule has 6 nitrogen and oxygen atoms in total. The molecule has 0 radical (unpaired) electrons. The summed E-state index contributed by atoms with van der Waals surface area (Å²) < 4.78 is 11.0. The molecule has 2 aromatic rings. The number of aryl methyl sites for hydroxylation is 1. The first-order valence-corrected chi connectivity index (χ1v) is 6.23. The summed E-state index contributed by atoms with van der Waals surface area (Å²) in [6.07, 6.45) is 3.42. The number of aromatic nitrogens is 3. The quantitative estimate of drug-likeness (QED) is 0.893. The molecule has 6 heteroatoms. The first-order valence-electron chi connectivity index (χ1n) is 6.23. The van der Waals surface area contributed by atoms with Crippen molar-refractivity contribution in [3.63, 3.8) is 0 Å². The van der Waals surface area contributed by atoms with Gasteiger partial charge in [-0.1, -0.05) is 0 Å². The van der Waals surface area contributed by atoms with Gasteiger partial charge < -0.3 is 14.5 Å². The Labute approximate surface area is 112 Å². The summed E-state index contributed by atoms with van der Waals surface area (Å²) in [6, 6.07) is 1.62. The molecule has 0 aromatic carbocycles. The van der Waals surface area contributed by atoms with Gasteiger partial charge in [0.05, 0.1) is 12.3 Å². The van der Waals surface area contributed by atoms with Gasteiger partial charge in [0.25, 0.3) is 0 Å². The van der Waals surface area contributed by atoms with Crippen molar-refractivity contribution >= 4 is 5.95 Å². The molecule has 1 atom stereocenters. The molecule has 2 rings (SSSR count). The number of nitrogens with one attached hydrogen (secondary N) is 1. The minimum absolute atomic E-state index is 0.0783. The molecular formula is C13H18N4O2. The fraction of sp³-hybridized carbons (Fsp3) is 0.462. The maximum absolute atomic E-state index is 5.52. The van der Waals surface area contributed by atoms with Crippen molar-refractivity contribution in [1.29, 1.82) is 0 Å². The van der Waals surface area contributed by atoms with Gasteiger partial charge in [-0.05, 0) is 27.7 Å². The van der Waals surface area contributed by atoms with Crippen molar-refractivity contribution < 1.29 is 9.15 Å². The lowest BCUT2D eigenvalue weighted by Gasteiger charge is -2.12. The maximum Gasteiger partial charge on any atom is 0.226 e. The molecule has 0 amide bonds. The molecule has 0 aliphatic heterocycles. The number of rotatable bonds is 5. The van der Waals surface area contributed by atoms with E-state index in [2.05, 4.69) is 20.3 Å². The van der Waals surface area contributed by atoms with E-state index < -0.39 is 0 Å². The topological polar surface area (TPSA) is 73.1 Å². The monoisotopic (exact) mass is 262 g/mol. The van der Waals surface area contributed by atoms with Crippen LogP contribution in [0.2, 0.25) is 0 Å². The largest absolute Gasteiger partial charge is 0.475 e. The van der Waals surface area contributed by atoms with E-state index in [4.69, 9.17) is 9.15 Å². The molecule has 0 aliphatic carbocycles. The lowest BCUT2D eigenvalue weighted by atomic mass is 10.3. The van der Waals surface area contributed by atoms with Gasteiger partial charge in [-0.25, -0.2) is 9.97 Å². The van der Waals surface area contributed by atoms with Crippen LogP contribution in [0.1, 0.15) is 38.5 Å². The summed E-state index contributed by atoms with van der Waals surface area (Å²) in [4.78, 5) is 12.6. The van der Waals surface area contributed by atoms with E-state index in [0.29, 0.717) is 17.7 Å². The van der Waals surface area contributed by atoms with E-state index in [1.807, 2.05) is 27.7 Å². The number of hydrogen-bond donors (Lipinski definition) is 1. The van der Waals surface area contributed by atoms with E-state index in [0.717, 1.165) is 5.76 Å². The molecule has 0 saturated carbocycles. The van der Waals surface area contributed by atoms with Crippen LogP contribution in [0.25, 0.3) is 0 Å². The highest BCUT2D eigenvalue weighted by Gasteiger charge is 2.13. The van der Waals surface area contributed by atoms with E-state index >= 15 is 0 Å². The Kier molecular flexibility index (Phi) is 3.99. The lowest BCUT2D eigenvalue weighted by Crippen LogP contribution is -2.12. The van der Waals surface area contributed by atoms with Crippen LogP contribution in [-0.4, -0.2) is 21.1 Å². The zero-order chi connectivity index (χ0) is 13.8. The van der Waals surface area contributed by atoms with Crippen molar-refractivity contribution in [2.24, 2.45) is 0 Å². The SMILES string of the molecule is Cc1cnc(C(C)Nc2nccc(OC(C)C)n2)o1. The van der Waals surface area contributed by atoms with Crippen molar-refractivity contribution in [1.82, 2.24) is 15.0 Å². The van der Waals surface area contributed by atoms with Crippen molar-refractivity contribution in [2.75, 3.05) is 5.32 Å². The number of nitrogens with zero attached hydrogens (tertiary/aromatic N) is 3. The number of hydrogen-bond acceptors (Lipinski definition) is 6. The predicted molar refractivity (Wildman–Crippen MR) is 71.1 cm³/mol. The Morgan fingerprint density at radius 1 is 1.26 bits per heavy atom. The Bertz CT molecular complexity index is 539. The lowest BCUT2D eigenvalue weighted by molar-refractivity contribution is 0.232. The fourth-order valence-corrected chi connectivity index (χ4v) is 1.55. The zero-order valence-corrected chi connectivity index (χ0v) is 11.5. The van der Waals surface area contributed by atoms with Crippen LogP contribution < -0.4 is 10.1 Å². The number of oxazole rings is 1. The molecule has 19 heavy (non-hydrogen) atoms. The highest BCUT2D eigenvalue weighted by molar-refractivity contribution is 5.29. The second-order valence-corrected chi connectivity index (χ2v) is 4.56. The Hall–Kier alpha value is -2.11. The second-order valence-electron chi connectivity index (χ2n) is 4.56. The summed E-state index contributed by atoms with van der Waals surface area (Å²) in [5.41, 5.74) is 0. The van der Waals surface area contributed by atoms with Crippen LogP contribution in [0.4, 0.5) is 5.95 Å². The third-order valence-electron chi connectivity index (χ3n) is 2.34. The summed E-state index contributed by atoms with van der Waals surface area (Å²) in [6.45, 7) is 7.70. The molecular weight excluding hydrogens is 244 g/mol. The average Bonchev–Trinajstić information content (AvgIpc) is 2.75. The molecule has 102 valence electrons. The van der Waals surface area contributed by atoms with Gasteiger partial charge in [-0.2, -0.15) is 4.98 Å². The van der Waals surface area contributed by atoms with Gasteiger partial charge in [0.1, 0.15) is 11.8 Å². The van der Waals surface area contributed by atoms with Crippen molar-refractivity contribution in [3.8, 4) is 5.88 Å². The highest BCUT2D eigenvalue weighted by atomic mass is 16.5. The standard InChI is InChI=1S/C13H18N4O2/c1-8(2)18-11-5-6-14-13(17-11)16-10(4)12-15-7-9(3)19-12/h5-8,10H,1-4H3,(H,14,16,17). The molecule has 1 unspecified atom stereocenters. The van der Waals surface area contributed by atoms with Gasteiger partial charge in [0.15, 0.2) is 0 Å². The van der Waals surface area contributed by atoms with Crippen LogP contribution in [0.5, 0.6) is 5.88 Å². The number of ether oxygens (including phenoxy) is 1. The Morgan fingerprint density at radius 3 is 2.68 bits per heavy atom. The Morgan fingerprint density at radius 2 is 2.05 bits per heavy atom. The zero-order valence-electron chi connectivity index (χ0n) is 11.5. The van der Waals surface area contributed by atoms with Crippen LogP contribution in [0.15, 0.2) is 22.9 Å². The average molecular weight is 262 g/mol. The highest BCUT2D eigenvalue weighted by Crippen LogP contribution is 2.18. The van der Waals surface area contributed by atoms with E-state index in [-0.39, 0.29) is 12.1 Å². The maximum atomic E-state index is 5.52. The van der Waals surface area contributed by atoms with Crippen molar-refractivity contribution in [3.05, 3.63) is 30.1 Å². The van der Waals surface area contributed by atoms with E-state index in [1.54, 1.807) is 18.5 Å². The predicted octanol–water partition coefficient (Wildman–Crippen LogP) is 2.73. The fourth-order valence-electron chi connectivity index (χ4n) is 1.55. The van der Waals surface area contributed by atoms with Crippen LogP contribution in [-0.2, 0) is 0 Å². The van der Waals surface area contributed by atoms with Gasteiger partial charge in [0.2, 0.25) is 17.7 Å². The van der Waals surface area contributed by atoms with Gasteiger partial charge in [-0.15, -0.1) is 0 Å². The third kappa shape index (κ3) is 3.67. The van der Waals surface area contributed by atoms with Gasteiger partial charge >= 0.3 is 0 Å². The summed E-state index contributed by atoms with van der Waals surface area (Å²) >= 11 is 0. The minimum atomic E-state index is -0.108. The van der Waals surface area contributed by atoms with Crippen LogP contribution in [0, 0.1) is 6.92 Å². The second kappa shape index (κ2) is 5.69. The molecule has 2 aromatic heterocycles. The molecule has 0 aliphatic rings. The molecule has 1 N–H and O–H groups in total. The summed E-state index contributed by atoms with van der Waals surface area (Å²) in [5, 5.41) is 3.13. The van der Waals surface area contributed by atoms with Crippen LogP contribution in [0.3, 0.4) is 0 Å². The van der Waals surface area contributed by atoms with E-state index in [1.165, 1.54) is 0 Å². The molecule has 0 fully saturated rings. The first kappa shape index (κ1) is 13.3. The Balaban J connectivity index is 2.06. The van der Waals surface area contributed by atoms with Crippen LogP contribution >= 0.6 is 0 Å². The smallest absolute Gasteiger partial charge is 0.226 e. The third-order valence-corrected chi connectivity index (χ3v) is 2.34. The number of anilines is 1. The minimum Gasteiger partial charge on any atom is -0.475 e. The normalized spacial score (nSPS) is 12.5. The van der Waals surface area contributed by atoms with Gasteiger partial charge in [0, 0.05) is 12.3 Å². The van der Waals surface area contributed by atoms with Gasteiger partial charge in [-0.3, -0.25) is 0 Å². The first-order chi connectivity index (χ1) is 9.04. The molecule has 0 bridgehead atoms. The summed E-state index contributed by atoms with van der Waals surface area (Å²) in [7, 11) is 0.